The van der Waals surface area contributed by atoms with Crippen LogP contribution in [0.5, 0.6) is 0 Å². The van der Waals surface area contributed by atoms with Gasteiger partial charge in [0.2, 0.25) is 5.91 Å². The van der Waals surface area contributed by atoms with E-state index in [9.17, 15) is 22.8 Å². The minimum atomic E-state index is -4.37. The average Bonchev–Trinajstić information content (AvgIpc) is 2.49. The molecule has 0 aliphatic carbocycles. The minimum Gasteiger partial charge on any atom is -0.481 e. The molecule has 0 fully saturated rings. The van der Waals surface area contributed by atoms with Gasteiger partial charge in [0.05, 0.1) is 5.56 Å². The van der Waals surface area contributed by atoms with Crippen LogP contribution in [0.3, 0.4) is 0 Å². The molecule has 0 saturated carbocycles. The van der Waals surface area contributed by atoms with Gasteiger partial charge in [0.25, 0.3) is 0 Å². The molecule has 0 spiro atoms. The zero-order valence-corrected chi connectivity index (χ0v) is 13.7. The molecule has 1 amide bonds. The number of rotatable bonds is 8. The third-order valence-electron chi connectivity index (χ3n) is 3.77. The maximum Gasteiger partial charge on any atom is 0.416 e. The average molecular weight is 345 g/mol. The molecule has 134 valence electrons. The molecule has 1 aromatic carbocycles. The molecule has 24 heavy (non-hydrogen) atoms. The normalized spacial score (nSPS) is 12.0. The highest BCUT2D eigenvalue weighted by atomic mass is 19.4. The van der Waals surface area contributed by atoms with E-state index in [1.165, 1.54) is 12.1 Å². The van der Waals surface area contributed by atoms with E-state index in [0.29, 0.717) is 18.4 Å². The summed E-state index contributed by atoms with van der Waals surface area (Å²) in [4.78, 5) is 22.1. The second kappa shape index (κ2) is 8.17. The van der Waals surface area contributed by atoms with E-state index >= 15 is 0 Å². The Kier molecular flexibility index (Phi) is 6.81. The largest absolute Gasteiger partial charge is 0.481 e. The van der Waals surface area contributed by atoms with Crippen LogP contribution >= 0.6 is 0 Å². The number of carbonyl (C=O) groups excluding carboxylic acids is 1. The third kappa shape index (κ3) is 6.60. The molecule has 0 aliphatic rings. The second-order valence-corrected chi connectivity index (χ2v) is 6.34. The lowest BCUT2D eigenvalue weighted by molar-refractivity contribution is -0.138. The SMILES string of the molecule is CC(C)(CNC(=O)CCCCC(=O)O)c1ccc(C(F)(F)F)cc1. The molecule has 0 aliphatic heterocycles. The summed E-state index contributed by atoms with van der Waals surface area (Å²) >= 11 is 0. The molecule has 1 aromatic rings. The summed E-state index contributed by atoms with van der Waals surface area (Å²) in [6.07, 6.45) is -3.18. The maximum absolute atomic E-state index is 12.6. The lowest BCUT2D eigenvalue weighted by Crippen LogP contribution is -2.36. The predicted octanol–water partition coefficient (Wildman–Crippen LogP) is 3.74. The first-order valence-electron chi connectivity index (χ1n) is 7.68. The van der Waals surface area contributed by atoms with Crippen LogP contribution in [-0.2, 0) is 21.2 Å². The monoisotopic (exact) mass is 345 g/mol. The summed E-state index contributed by atoms with van der Waals surface area (Å²) < 4.78 is 37.7. The number of carbonyl (C=O) groups is 2. The van der Waals surface area contributed by atoms with E-state index < -0.39 is 23.1 Å². The molecule has 0 atom stereocenters. The molecule has 0 heterocycles. The third-order valence-corrected chi connectivity index (χ3v) is 3.77. The van der Waals surface area contributed by atoms with E-state index in [0.717, 1.165) is 12.1 Å². The highest BCUT2D eigenvalue weighted by Gasteiger charge is 2.31. The lowest BCUT2D eigenvalue weighted by Gasteiger charge is -2.26. The van der Waals surface area contributed by atoms with Crippen LogP contribution in [0.25, 0.3) is 0 Å². The summed E-state index contributed by atoms with van der Waals surface area (Å²) in [7, 11) is 0. The van der Waals surface area contributed by atoms with Gasteiger partial charge in [-0.25, -0.2) is 0 Å². The number of nitrogens with one attached hydrogen (secondary N) is 1. The fourth-order valence-corrected chi connectivity index (χ4v) is 2.18. The first-order valence-corrected chi connectivity index (χ1v) is 7.68. The number of alkyl halides is 3. The topological polar surface area (TPSA) is 66.4 Å². The van der Waals surface area contributed by atoms with E-state index in [-0.39, 0.29) is 25.3 Å². The van der Waals surface area contributed by atoms with Crippen LogP contribution in [0, 0.1) is 0 Å². The van der Waals surface area contributed by atoms with Gasteiger partial charge in [-0.05, 0) is 30.5 Å². The minimum absolute atomic E-state index is 0.0321. The fourth-order valence-electron chi connectivity index (χ4n) is 2.18. The molecule has 0 radical (unpaired) electrons. The number of amides is 1. The molecule has 1 rings (SSSR count). The van der Waals surface area contributed by atoms with Gasteiger partial charge in [-0.3, -0.25) is 9.59 Å². The van der Waals surface area contributed by atoms with Crippen LogP contribution < -0.4 is 5.32 Å². The van der Waals surface area contributed by atoms with Crippen LogP contribution in [0.15, 0.2) is 24.3 Å². The van der Waals surface area contributed by atoms with Crippen molar-refractivity contribution in [2.75, 3.05) is 6.54 Å². The molecular weight excluding hydrogens is 323 g/mol. The van der Waals surface area contributed by atoms with Crippen molar-refractivity contribution in [3.63, 3.8) is 0 Å². The Morgan fingerprint density at radius 2 is 1.50 bits per heavy atom. The highest BCUT2D eigenvalue weighted by molar-refractivity contribution is 5.76. The van der Waals surface area contributed by atoms with Gasteiger partial charge in [0.1, 0.15) is 0 Å². The number of halogens is 3. The molecule has 0 bridgehead atoms. The molecule has 2 N–H and O–H groups in total. The quantitative estimate of drug-likeness (QED) is 0.705. The van der Waals surface area contributed by atoms with E-state index in [1.54, 1.807) is 0 Å². The Hall–Kier alpha value is -2.05. The van der Waals surface area contributed by atoms with Crippen molar-refractivity contribution in [1.82, 2.24) is 5.32 Å². The van der Waals surface area contributed by atoms with Gasteiger partial charge in [-0.15, -0.1) is 0 Å². The van der Waals surface area contributed by atoms with Crippen LogP contribution in [0.1, 0.15) is 50.7 Å². The van der Waals surface area contributed by atoms with Crippen molar-refractivity contribution in [2.45, 2.75) is 51.1 Å². The van der Waals surface area contributed by atoms with Crippen LogP contribution in [-0.4, -0.2) is 23.5 Å². The Bertz CT molecular complexity index is 565. The summed E-state index contributed by atoms with van der Waals surface area (Å²) in [6.45, 7) is 3.96. The molecule has 7 heteroatoms. The molecular formula is C17H22F3NO3. The standard InChI is InChI=1S/C17H22F3NO3/c1-16(2,11-21-14(22)5-3-4-6-15(23)24)12-7-9-13(10-8-12)17(18,19)20/h7-10H,3-6,11H2,1-2H3,(H,21,22)(H,23,24). The van der Waals surface area contributed by atoms with Crippen molar-refractivity contribution < 1.29 is 27.9 Å². The second-order valence-electron chi connectivity index (χ2n) is 6.34. The van der Waals surface area contributed by atoms with Gasteiger partial charge < -0.3 is 10.4 Å². The van der Waals surface area contributed by atoms with Crippen molar-refractivity contribution in [2.24, 2.45) is 0 Å². The van der Waals surface area contributed by atoms with E-state index in [4.69, 9.17) is 5.11 Å². The molecule has 0 aromatic heterocycles. The summed E-state index contributed by atoms with van der Waals surface area (Å²) in [5.41, 5.74) is -0.521. The number of carboxylic acids is 1. The number of hydrogen-bond donors (Lipinski definition) is 2. The van der Waals surface area contributed by atoms with Crippen molar-refractivity contribution in [1.29, 1.82) is 0 Å². The maximum atomic E-state index is 12.6. The van der Waals surface area contributed by atoms with E-state index in [1.807, 2.05) is 13.8 Å². The van der Waals surface area contributed by atoms with E-state index in [2.05, 4.69) is 5.32 Å². The summed E-state index contributed by atoms with van der Waals surface area (Å²) in [6, 6.07) is 4.90. The number of benzene rings is 1. The van der Waals surface area contributed by atoms with Gasteiger partial charge >= 0.3 is 12.1 Å². The van der Waals surface area contributed by atoms with Crippen LogP contribution in [0.4, 0.5) is 13.2 Å². The Balaban J connectivity index is 2.51. The van der Waals surface area contributed by atoms with Crippen molar-refractivity contribution in [3.8, 4) is 0 Å². The van der Waals surface area contributed by atoms with Gasteiger partial charge in [-0.2, -0.15) is 13.2 Å². The summed E-state index contributed by atoms with van der Waals surface area (Å²) in [5, 5.41) is 11.3. The number of aliphatic carboxylic acids is 1. The van der Waals surface area contributed by atoms with Gasteiger partial charge in [0, 0.05) is 24.8 Å². The molecule has 0 saturated heterocycles. The zero-order valence-electron chi connectivity index (χ0n) is 13.7. The summed E-state index contributed by atoms with van der Waals surface area (Å²) in [5.74, 6) is -1.08. The number of carboxylic acid groups (broad SMARTS) is 1. The first kappa shape index (κ1) is 20.0. The Labute approximate surface area is 139 Å². The fraction of sp³-hybridized carbons (Fsp3) is 0.529. The smallest absolute Gasteiger partial charge is 0.416 e. The zero-order chi connectivity index (χ0) is 18.4. The molecule has 0 unspecified atom stereocenters. The van der Waals surface area contributed by atoms with Crippen molar-refractivity contribution >= 4 is 11.9 Å². The number of hydrogen-bond acceptors (Lipinski definition) is 2. The lowest BCUT2D eigenvalue weighted by atomic mass is 9.84. The van der Waals surface area contributed by atoms with Crippen LogP contribution in [0.2, 0.25) is 0 Å². The highest BCUT2D eigenvalue weighted by Crippen LogP contribution is 2.31. The van der Waals surface area contributed by atoms with Gasteiger partial charge in [-0.1, -0.05) is 26.0 Å². The van der Waals surface area contributed by atoms with Crippen molar-refractivity contribution in [3.05, 3.63) is 35.4 Å². The Morgan fingerprint density at radius 1 is 1.00 bits per heavy atom. The first-order chi connectivity index (χ1) is 11.0. The van der Waals surface area contributed by atoms with Gasteiger partial charge in [0.15, 0.2) is 0 Å². The Morgan fingerprint density at radius 3 is 2.00 bits per heavy atom. The number of unbranched alkanes of at least 4 members (excludes halogenated alkanes) is 1. The predicted molar refractivity (Wildman–Crippen MR) is 83.6 cm³/mol. The molecule has 4 nitrogen and oxygen atoms in total.